The summed E-state index contributed by atoms with van der Waals surface area (Å²) in [6.45, 7) is 2.01. The van der Waals surface area contributed by atoms with Crippen LogP contribution in [0.5, 0.6) is 5.75 Å². The van der Waals surface area contributed by atoms with Crippen molar-refractivity contribution in [2.45, 2.75) is 20.0 Å². The Kier molecular flexibility index (Phi) is 13.2. The van der Waals surface area contributed by atoms with Crippen LogP contribution in [0.1, 0.15) is 69.8 Å². The number of benzene rings is 7. The predicted molar refractivity (Wildman–Crippen MR) is 275 cm³/mol. The molecule has 2 aliphatic carbocycles. The Bertz CT molecular complexity index is 3860. The molecule has 2 aliphatic heterocycles. The van der Waals surface area contributed by atoms with E-state index in [9.17, 15) is 49.2 Å². The third-order valence-electron chi connectivity index (χ3n) is 12.3. The van der Waals surface area contributed by atoms with Gasteiger partial charge in [0.2, 0.25) is 0 Å². The number of carboxylic acid groups (broad SMARTS) is 3. The van der Waals surface area contributed by atoms with E-state index in [2.05, 4.69) is 15.6 Å². The Labute approximate surface area is 423 Å². The monoisotopic (exact) mass is 1020 g/mol. The van der Waals surface area contributed by atoms with Crippen molar-refractivity contribution in [3.05, 3.63) is 180 Å². The molecule has 0 fully saturated rings. The van der Waals surface area contributed by atoms with Crippen molar-refractivity contribution in [2.24, 2.45) is 4.99 Å². The van der Waals surface area contributed by atoms with E-state index < -0.39 is 40.7 Å². The van der Waals surface area contributed by atoms with Gasteiger partial charge in [-0.05, 0) is 96.9 Å². The first-order valence-corrected chi connectivity index (χ1v) is 23.1. The molecule has 0 spiro atoms. The number of phenols is 1. The number of carbonyl (C=O) groups is 5. The average Bonchev–Trinajstić information content (AvgIpc) is 3.36. The predicted octanol–water partition coefficient (Wildman–Crippen LogP) is 10.0. The summed E-state index contributed by atoms with van der Waals surface area (Å²) >= 11 is 13.8. The van der Waals surface area contributed by atoms with Gasteiger partial charge in [0.05, 0.1) is 49.8 Å². The van der Waals surface area contributed by atoms with Gasteiger partial charge in [-0.2, -0.15) is 0 Å². The van der Waals surface area contributed by atoms with E-state index in [1.807, 2.05) is 44.1 Å². The lowest BCUT2D eigenvalue weighted by atomic mass is 9.88. The van der Waals surface area contributed by atoms with E-state index in [0.717, 1.165) is 11.8 Å². The lowest BCUT2D eigenvalue weighted by Gasteiger charge is -2.21. The second-order valence-electron chi connectivity index (χ2n) is 17.0. The molecule has 2 amide bonds. The topological polar surface area (TPSA) is 249 Å². The fourth-order valence-corrected chi connectivity index (χ4v) is 9.38. The Hall–Kier alpha value is -8.99. The van der Waals surface area contributed by atoms with Crippen molar-refractivity contribution in [1.29, 1.82) is 0 Å². The molecule has 0 unspecified atom stereocenters. The van der Waals surface area contributed by atoms with Crippen LogP contribution in [0.2, 0.25) is 10.0 Å². The van der Waals surface area contributed by atoms with Crippen LogP contribution in [-0.2, 0) is 13.1 Å². The lowest BCUT2D eigenvalue weighted by Crippen LogP contribution is -2.27. The van der Waals surface area contributed by atoms with Crippen molar-refractivity contribution < 1.29 is 53.2 Å². The molecule has 9 rings (SSSR count). The molecular weight excluding hydrogens is 980 g/mol. The average molecular weight is 1020 g/mol. The highest BCUT2D eigenvalue weighted by Crippen LogP contribution is 2.47. The molecule has 2 heterocycles. The number of carbonyl (C=O) groups excluding carboxylic acids is 2. The summed E-state index contributed by atoms with van der Waals surface area (Å²) in [6, 6.07) is 28.8. The summed E-state index contributed by atoms with van der Waals surface area (Å²) in [5.74, 6) is -5.25. The number of hydrogen-bond donors (Lipinski definition) is 6. The number of amides is 2. The first-order chi connectivity index (χ1) is 34.9. The molecule has 18 heteroatoms. The number of anilines is 1. The summed E-state index contributed by atoms with van der Waals surface area (Å²) in [5.41, 5.74) is 2.15. The molecule has 0 radical (unpaired) electrons. The Morgan fingerprint density at radius 1 is 0.630 bits per heavy atom. The first-order valence-electron chi connectivity index (χ1n) is 22.4. The van der Waals surface area contributed by atoms with E-state index in [4.69, 9.17) is 32.0 Å². The lowest BCUT2D eigenvalue weighted by molar-refractivity contribution is 0.0682. The van der Waals surface area contributed by atoms with Crippen LogP contribution in [-0.4, -0.2) is 70.8 Å². The summed E-state index contributed by atoms with van der Waals surface area (Å²) in [6.07, 6.45) is 0. The third-order valence-corrected chi connectivity index (χ3v) is 13.0. The number of phenolic OH excluding ortho intramolecular Hbond substituents is 1. The van der Waals surface area contributed by atoms with Crippen molar-refractivity contribution >= 4 is 80.6 Å². The van der Waals surface area contributed by atoms with Gasteiger partial charge >= 0.3 is 17.9 Å². The number of hydrogen-bond acceptors (Lipinski definition) is 11. The summed E-state index contributed by atoms with van der Waals surface area (Å²) in [4.78, 5) is 84.5. The van der Waals surface area contributed by atoms with Crippen LogP contribution >= 0.6 is 23.2 Å². The minimum Gasteiger partial charge on any atom is -0.508 e. The molecule has 73 heavy (non-hydrogen) atoms. The van der Waals surface area contributed by atoms with Crippen molar-refractivity contribution in [3.63, 3.8) is 0 Å². The van der Waals surface area contributed by atoms with Crippen molar-refractivity contribution in [1.82, 2.24) is 10.6 Å². The number of fused-ring (bicyclic) bond motifs is 4. The third kappa shape index (κ3) is 9.28. The normalized spacial score (nSPS) is 11.6. The highest BCUT2D eigenvalue weighted by molar-refractivity contribution is 6.41. The Balaban J connectivity index is 0.963. The van der Waals surface area contributed by atoms with Gasteiger partial charge in [0.15, 0.2) is 5.43 Å². The molecule has 0 aromatic heterocycles. The van der Waals surface area contributed by atoms with Gasteiger partial charge in [-0.1, -0.05) is 41.4 Å². The largest absolute Gasteiger partial charge is 0.508 e. The zero-order valence-electron chi connectivity index (χ0n) is 38.8. The molecule has 0 bridgehead atoms. The SMILES string of the molecule is CCN=c1ccc2c(-c3c(Cl)cc(C(=O)NCc4ccc(C(=O)NCc5c6oc7cc(O)ccc7c(-c7ccc(C(=O)O)cc7C(=O)O)c-6ccc5=O)cc4)c(Cl)c3C(=O)O)c3ccc(N(C)C)cc3oc-2c1. The van der Waals surface area contributed by atoms with Crippen molar-refractivity contribution in [3.8, 4) is 50.7 Å². The van der Waals surface area contributed by atoms with Gasteiger partial charge in [0, 0.05) is 95.2 Å². The van der Waals surface area contributed by atoms with Crippen LogP contribution in [0.4, 0.5) is 5.69 Å². The van der Waals surface area contributed by atoms with Gasteiger partial charge < -0.3 is 44.8 Å². The molecule has 4 aliphatic rings. The second kappa shape index (κ2) is 19.7. The second-order valence-corrected chi connectivity index (χ2v) is 17.8. The summed E-state index contributed by atoms with van der Waals surface area (Å²) in [5, 5.41) is 47.4. The quantitative estimate of drug-likeness (QED) is 0.0589. The Morgan fingerprint density at radius 2 is 1.30 bits per heavy atom. The number of rotatable bonds is 13. The molecule has 0 saturated heterocycles. The van der Waals surface area contributed by atoms with Crippen LogP contribution in [0.25, 0.3) is 66.8 Å². The van der Waals surface area contributed by atoms with Crippen LogP contribution in [0.3, 0.4) is 0 Å². The zero-order valence-corrected chi connectivity index (χ0v) is 40.3. The smallest absolute Gasteiger partial charge is 0.337 e. The molecule has 5 aromatic rings. The number of aromatic carboxylic acids is 3. The Morgan fingerprint density at radius 3 is 2.00 bits per heavy atom. The van der Waals surface area contributed by atoms with Crippen LogP contribution in [0.15, 0.2) is 134 Å². The number of aromatic hydroxyl groups is 1. The van der Waals surface area contributed by atoms with E-state index >= 15 is 0 Å². The highest BCUT2D eigenvalue weighted by Gasteiger charge is 2.30. The maximum absolute atomic E-state index is 13.8. The van der Waals surface area contributed by atoms with Crippen molar-refractivity contribution in [2.75, 3.05) is 25.5 Å². The maximum atomic E-state index is 13.8. The van der Waals surface area contributed by atoms with E-state index in [-0.39, 0.29) is 90.3 Å². The molecular formula is C55H40Cl2N4O12. The highest BCUT2D eigenvalue weighted by atomic mass is 35.5. The van der Waals surface area contributed by atoms with E-state index in [0.29, 0.717) is 50.7 Å². The minimum absolute atomic E-state index is 0.00506. The fraction of sp³-hybridized carbons (Fsp3) is 0.109. The molecule has 6 N–H and O–H groups in total. The van der Waals surface area contributed by atoms with Crippen LogP contribution < -0.4 is 26.3 Å². The van der Waals surface area contributed by atoms with Gasteiger partial charge in [-0.15, -0.1) is 0 Å². The van der Waals surface area contributed by atoms with Gasteiger partial charge in [-0.3, -0.25) is 19.4 Å². The number of halogens is 2. The number of nitrogens with zero attached hydrogens (tertiary/aromatic N) is 2. The number of nitrogens with one attached hydrogen (secondary N) is 2. The summed E-state index contributed by atoms with van der Waals surface area (Å²) < 4.78 is 12.5. The van der Waals surface area contributed by atoms with E-state index in [1.165, 1.54) is 60.7 Å². The minimum atomic E-state index is -1.42. The fourth-order valence-electron chi connectivity index (χ4n) is 8.76. The maximum Gasteiger partial charge on any atom is 0.337 e. The molecule has 5 aromatic carbocycles. The molecule has 0 atom stereocenters. The molecule has 16 nitrogen and oxygen atoms in total. The number of carboxylic acids is 3. The van der Waals surface area contributed by atoms with Gasteiger partial charge in [0.1, 0.15) is 28.4 Å². The standard InChI is InChI=1S/C55H40Cl2N4O12/c1-4-58-29-10-14-34-42(20-29)72-43-21-30(61(2)3)11-15-35(43)46(34)47-40(56)23-38(49(57)48(47)55(70)71)52(65)59-24-26-5-7-27(8-6-26)51(64)60-25-39-41(63)18-17-36-45(33-16-12-31(62)22-44(33)73-50(36)39)32-13-9-28(53(66)67)19-37(32)54(68)69/h5-23,62H,4,24-25H2,1-3H3,(H,59,65)(H,60,64)(H,66,67)(H,68,69)(H,70,71). The van der Waals surface area contributed by atoms with Gasteiger partial charge in [-0.25, -0.2) is 14.4 Å². The molecule has 366 valence electrons. The summed E-state index contributed by atoms with van der Waals surface area (Å²) in [7, 11) is 3.76. The molecule has 0 saturated carbocycles. The zero-order chi connectivity index (χ0) is 52.0. The van der Waals surface area contributed by atoms with Crippen LogP contribution in [0, 0.1) is 0 Å². The van der Waals surface area contributed by atoms with E-state index in [1.54, 1.807) is 30.3 Å². The van der Waals surface area contributed by atoms with Gasteiger partial charge in [0.25, 0.3) is 11.8 Å². The first kappa shape index (κ1) is 49.0.